The van der Waals surface area contributed by atoms with E-state index in [4.69, 9.17) is 18.9 Å². The van der Waals surface area contributed by atoms with E-state index in [9.17, 15) is 19.8 Å². The molecular formula is C25H24O8. The number of carbonyl (C=O) groups is 2. The molecule has 8 nitrogen and oxygen atoms in total. The summed E-state index contributed by atoms with van der Waals surface area (Å²) >= 11 is 0. The highest BCUT2D eigenvalue weighted by molar-refractivity contribution is 6.11. The van der Waals surface area contributed by atoms with Gasteiger partial charge in [-0.1, -0.05) is 18.2 Å². The molecule has 1 unspecified atom stereocenters. The summed E-state index contributed by atoms with van der Waals surface area (Å²) in [4.78, 5) is 25.8. The van der Waals surface area contributed by atoms with E-state index in [-0.39, 0.29) is 29.1 Å². The number of carbonyl (C=O) groups excluding carboxylic acids is 2. The first kappa shape index (κ1) is 22.3. The molecule has 1 atom stereocenters. The topological polar surface area (TPSA) is 112 Å². The number of fused-ring (bicyclic) bond motifs is 1. The van der Waals surface area contributed by atoms with Crippen LogP contribution in [0.1, 0.15) is 30.5 Å². The molecule has 8 heteroatoms. The lowest BCUT2D eigenvalue weighted by Crippen LogP contribution is -2.44. The third-order valence-electron chi connectivity index (χ3n) is 5.63. The normalized spacial score (nSPS) is 20.7. The standard InChI is InChI=1S/C25H24O8/c1-24(2)10-9-15-11-14(5-8-19(15)32-24)13-25(23(29)31-4)20(21(30-3)22(28)33-25)16-6-7-17(26)18(27)12-16/h5-12,26-27H,13H2,1-4H3. The highest BCUT2D eigenvalue weighted by Gasteiger charge is 2.56. The molecule has 2 N–H and O–H groups in total. The van der Waals surface area contributed by atoms with Crippen molar-refractivity contribution in [3.05, 3.63) is 64.9 Å². The van der Waals surface area contributed by atoms with Gasteiger partial charge in [0.1, 0.15) is 11.4 Å². The van der Waals surface area contributed by atoms with Gasteiger partial charge < -0.3 is 29.2 Å². The number of esters is 2. The van der Waals surface area contributed by atoms with Crippen molar-refractivity contribution in [2.75, 3.05) is 14.2 Å². The Bertz CT molecular complexity index is 1210. The van der Waals surface area contributed by atoms with Gasteiger partial charge in [0.05, 0.1) is 19.8 Å². The smallest absolute Gasteiger partial charge is 0.375 e. The average Bonchev–Trinajstić information content (AvgIpc) is 3.06. The number of ether oxygens (including phenoxy) is 4. The summed E-state index contributed by atoms with van der Waals surface area (Å²) in [6.07, 6.45) is 3.81. The minimum atomic E-state index is -1.87. The Morgan fingerprint density at radius 3 is 2.45 bits per heavy atom. The molecule has 33 heavy (non-hydrogen) atoms. The van der Waals surface area contributed by atoms with Crippen molar-refractivity contribution < 1.29 is 38.7 Å². The summed E-state index contributed by atoms with van der Waals surface area (Å²) in [5.41, 5.74) is -0.446. The van der Waals surface area contributed by atoms with E-state index in [1.807, 2.05) is 32.1 Å². The lowest BCUT2D eigenvalue weighted by Gasteiger charge is -2.30. The van der Waals surface area contributed by atoms with Crippen LogP contribution in [0.15, 0.2) is 48.2 Å². The predicted octanol–water partition coefficient (Wildman–Crippen LogP) is 3.35. The van der Waals surface area contributed by atoms with E-state index >= 15 is 0 Å². The second-order valence-corrected chi connectivity index (χ2v) is 8.41. The Balaban J connectivity index is 1.84. The maximum absolute atomic E-state index is 13.1. The Morgan fingerprint density at radius 2 is 1.79 bits per heavy atom. The van der Waals surface area contributed by atoms with Crippen molar-refractivity contribution in [3.8, 4) is 17.2 Å². The van der Waals surface area contributed by atoms with E-state index in [0.29, 0.717) is 11.3 Å². The Hall–Kier alpha value is -3.94. The van der Waals surface area contributed by atoms with Crippen LogP contribution in [0, 0.1) is 0 Å². The number of aromatic hydroxyl groups is 2. The molecule has 2 aromatic rings. The van der Waals surface area contributed by atoms with E-state index in [0.717, 1.165) is 5.56 Å². The molecule has 2 aliphatic heterocycles. The number of hydrogen-bond donors (Lipinski definition) is 2. The number of cyclic esters (lactones) is 1. The van der Waals surface area contributed by atoms with Crippen molar-refractivity contribution in [1.29, 1.82) is 0 Å². The summed E-state index contributed by atoms with van der Waals surface area (Å²) in [5.74, 6) is -1.92. The quantitative estimate of drug-likeness (QED) is 0.525. The first-order valence-electron chi connectivity index (χ1n) is 10.2. The number of benzene rings is 2. The lowest BCUT2D eigenvalue weighted by molar-refractivity contribution is -0.169. The molecule has 0 aromatic heterocycles. The summed E-state index contributed by atoms with van der Waals surface area (Å²) < 4.78 is 21.9. The summed E-state index contributed by atoms with van der Waals surface area (Å²) in [7, 11) is 2.48. The van der Waals surface area contributed by atoms with Crippen LogP contribution in [0.25, 0.3) is 11.6 Å². The zero-order valence-corrected chi connectivity index (χ0v) is 18.7. The van der Waals surface area contributed by atoms with Gasteiger partial charge in [0.15, 0.2) is 11.5 Å². The van der Waals surface area contributed by atoms with Crippen LogP contribution < -0.4 is 4.74 Å². The third-order valence-corrected chi connectivity index (χ3v) is 5.63. The van der Waals surface area contributed by atoms with Crippen molar-refractivity contribution in [3.63, 3.8) is 0 Å². The largest absolute Gasteiger partial charge is 0.504 e. The van der Waals surface area contributed by atoms with Crippen molar-refractivity contribution in [2.24, 2.45) is 0 Å². The van der Waals surface area contributed by atoms with Crippen LogP contribution in [0.3, 0.4) is 0 Å². The molecule has 0 spiro atoms. The molecule has 2 aromatic carbocycles. The number of hydrogen-bond acceptors (Lipinski definition) is 8. The molecule has 0 aliphatic carbocycles. The minimum Gasteiger partial charge on any atom is -0.504 e. The van der Waals surface area contributed by atoms with Gasteiger partial charge in [-0.25, -0.2) is 9.59 Å². The van der Waals surface area contributed by atoms with Crippen LogP contribution in [0.4, 0.5) is 0 Å². The van der Waals surface area contributed by atoms with E-state index in [2.05, 4.69) is 0 Å². The van der Waals surface area contributed by atoms with Gasteiger partial charge in [0.25, 0.3) is 0 Å². The Kier molecular flexibility index (Phi) is 5.32. The van der Waals surface area contributed by atoms with E-state index in [1.54, 1.807) is 12.1 Å². The van der Waals surface area contributed by atoms with Crippen LogP contribution in [0.2, 0.25) is 0 Å². The third kappa shape index (κ3) is 3.77. The number of rotatable bonds is 5. The fraction of sp³-hybridized carbons (Fsp3) is 0.280. The maximum atomic E-state index is 13.1. The van der Waals surface area contributed by atoms with Gasteiger partial charge in [0, 0.05) is 12.0 Å². The molecule has 2 heterocycles. The Labute approximate surface area is 190 Å². The number of phenolic OH excluding ortho intramolecular Hbond substituents is 2. The highest BCUT2D eigenvalue weighted by Crippen LogP contribution is 2.45. The zero-order chi connectivity index (χ0) is 24.0. The lowest BCUT2D eigenvalue weighted by atomic mass is 9.82. The second kappa shape index (κ2) is 7.88. The first-order valence-corrected chi connectivity index (χ1v) is 10.2. The SMILES string of the molecule is COC(=O)C1(Cc2ccc3c(c2)C=CC(C)(C)O3)OC(=O)C(OC)=C1c1ccc(O)c(O)c1. The highest BCUT2D eigenvalue weighted by atomic mass is 16.6. The van der Waals surface area contributed by atoms with Crippen molar-refractivity contribution in [1.82, 2.24) is 0 Å². The Morgan fingerprint density at radius 1 is 1.03 bits per heavy atom. The van der Waals surface area contributed by atoms with Gasteiger partial charge in [-0.05, 0) is 55.3 Å². The monoisotopic (exact) mass is 452 g/mol. The molecule has 2 aliphatic rings. The molecular weight excluding hydrogens is 428 g/mol. The molecule has 0 radical (unpaired) electrons. The van der Waals surface area contributed by atoms with E-state index in [1.165, 1.54) is 32.4 Å². The maximum Gasteiger partial charge on any atom is 0.375 e. The van der Waals surface area contributed by atoms with Crippen molar-refractivity contribution in [2.45, 2.75) is 31.5 Å². The van der Waals surface area contributed by atoms with Crippen LogP contribution >= 0.6 is 0 Å². The van der Waals surface area contributed by atoms with Gasteiger partial charge in [-0.3, -0.25) is 0 Å². The van der Waals surface area contributed by atoms with Gasteiger partial charge >= 0.3 is 11.9 Å². The van der Waals surface area contributed by atoms with Gasteiger partial charge in [-0.15, -0.1) is 0 Å². The van der Waals surface area contributed by atoms with Gasteiger partial charge in [0.2, 0.25) is 11.4 Å². The summed E-state index contributed by atoms with van der Waals surface area (Å²) in [5, 5.41) is 19.8. The first-order chi connectivity index (χ1) is 15.6. The van der Waals surface area contributed by atoms with Crippen LogP contribution in [-0.4, -0.2) is 47.6 Å². The van der Waals surface area contributed by atoms with Crippen LogP contribution in [-0.2, 0) is 30.2 Å². The molecule has 0 saturated heterocycles. The van der Waals surface area contributed by atoms with E-state index < -0.39 is 28.9 Å². The fourth-order valence-corrected chi connectivity index (χ4v) is 4.10. The molecule has 0 bridgehead atoms. The van der Waals surface area contributed by atoms with Gasteiger partial charge in [-0.2, -0.15) is 0 Å². The predicted molar refractivity (Wildman–Crippen MR) is 118 cm³/mol. The molecule has 4 rings (SSSR count). The summed E-state index contributed by atoms with van der Waals surface area (Å²) in [6, 6.07) is 9.35. The molecule has 0 amide bonds. The number of phenols is 2. The zero-order valence-electron chi connectivity index (χ0n) is 18.7. The summed E-state index contributed by atoms with van der Waals surface area (Å²) in [6.45, 7) is 3.89. The fourth-order valence-electron chi connectivity index (χ4n) is 4.10. The molecule has 172 valence electrons. The van der Waals surface area contributed by atoms with Crippen molar-refractivity contribution >= 4 is 23.6 Å². The average molecular weight is 452 g/mol. The minimum absolute atomic E-state index is 0.0558. The second-order valence-electron chi connectivity index (χ2n) is 8.41. The number of methoxy groups -OCH3 is 2. The molecule has 0 fully saturated rings. The molecule has 0 saturated carbocycles. The van der Waals surface area contributed by atoms with Crippen LogP contribution in [0.5, 0.6) is 17.2 Å².